The Labute approximate surface area is 147 Å². The van der Waals surface area contributed by atoms with Crippen molar-refractivity contribution in [1.82, 2.24) is 0 Å². The molecule has 0 saturated heterocycles. The minimum absolute atomic E-state index is 0.283. The second-order valence-corrected chi connectivity index (χ2v) is 5.13. The average Bonchev–Trinajstić information content (AvgIpc) is 2.62. The largest absolute Gasteiger partial charge is 0.494 e. The van der Waals surface area contributed by atoms with Crippen LogP contribution in [0.25, 0.3) is 6.08 Å². The van der Waals surface area contributed by atoms with Gasteiger partial charge in [0.1, 0.15) is 5.75 Å². The number of ether oxygens (including phenoxy) is 2. The molecule has 5 nitrogen and oxygen atoms in total. The molecule has 130 valence electrons. The lowest BCUT2D eigenvalue weighted by Crippen LogP contribution is -2.09. The Morgan fingerprint density at radius 3 is 2.48 bits per heavy atom. The molecule has 0 radical (unpaired) electrons. The van der Waals surface area contributed by atoms with Crippen molar-refractivity contribution in [3.63, 3.8) is 0 Å². The lowest BCUT2D eigenvalue weighted by Gasteiger charge is -2.05. The highest BCUT2D eigenvalue weighted by molar-refractivity contribution is 6.02. The van der Waals surface area contributed by atoms with Crippen LogP contribution >= 0.6 is 0 Å². The topological polar surface area (TPSA) is 64.6 Å². The molecule has 25 heavy (non-hydrogen) atoms. The highest BCUT2D eigenvalue weighted by Gasteiger charge is 2.07. The third-order valence-electron chi connectivity index (χ3n) is 3.26. The number of hydrogen-bond donors (Lipinski definition) is 1. The van der Waals surface area contributed by atoms with Crippen molar-refractivity contribution < 1.29 is 19.1 Å². The molecule has 1 amide bonds. The van der Waals surface area contributed by atoms with E-state index in [0.29, 0.717) is 24.5 Å². The molecule has 5 heteroatoms. The molecule has 0 aliphatic carbocycles. The second-order valence-electron chi connectivity index (χ2n) is 5.13. The summed E-state index contributed by atoms with van der Waals surface area (Å²) in [7, 11) is 0. The van der Waals surface area contributed by atoms with E-state index in [1.807, 2.05) is 31.2 Å². The maximum absolute atomic E-state index is 12.0. The van der Waals surface area contributed by atoms with E-state index < -0.39 is 5.97 Å². The Morgan fingerprint density at radius 1 is 1.04 bits per heavy atom. The first-order valence-corrected chi connectivity index (χ1v) is 8.11. The number of carbonyl (C=O) groups is 2. The third kappa shape index (κ3) is 5.80. The van der Waals surface area contributed by atoms with Crippen LogP contribution in [0, 0.1) is 0 Å². The van der Waals surface area contributed by atoms with Crippen molar-refractivity contribution in [1.29, 1.82) is 0 Å². The summed E-state index contributed by atoms with van der Waals surface area (Å²) in [5.41, 5.74) is 1.82. The molecule has 0 saturated carbocycles. The fraction of sp³-hybridized carbons (Fsp3) is 0.200. The fourth-order valence-electron chi connectivity index (χ4n) is 2.14. The Hall–Kier alpha value is -3.08. The van der Waals surface area contributed by atoms with Gasteiger partial charge >= 0.3 is 5.97 Å². The van der Waals surface area contributed by atoms with Gasteiger partial charge in [0.05, 0.1) is 18.8 Å². The number of nitrogens with one attached hydrogen (secondary N) is 1. The molecule has 0 fully saturated rings. The zero-order valence-electron chi connectivity index (χ0n) is 14.3. The molecule has 2 aromatic carbocycles. The number of carbonyl (C=O) groups excluding carboxylic acids is 2. The molecule has 0 spiro atoms. The highest BCUT2D eigenvalue weighted by atomic mass is 16.5. The molecule has 0 aliphatic rings. The first-order chi connectivity index (χ1) is 12.1. The van der Waals surface area contributed by atoms with Crippen LogP contribution in [0.15, 0.2) is 54.6 Å². The lowest BCUT2D eigenvalue weighted by atomic mass is 10.2. The van der Waals surface area contributed by atoms with Crippen LogP contribution in [-0.4, -0.2) is 25.1 Å². The molecule has 2 rings (SSSR count). The van der Waals surface area contributed by atoms with Crippen molar-refractivity contribution in [2.45, 2.75) is 13.8 Å². The lowest BCUT2D eigenvalue weighted by molar-refractivity contribution is -0.111. The standard InChI is InChI=1S/C20H21NO4/c1-3-24-18-11-8-15(9-12-18)10-13-19(22)21-17-7-5-6-16(14-17)20(23)25-4-2/h5-14H,3-4H2,1-2H3,(H,21,22)/b13-10+. The Balaban J connectivity index is 1.97. The summed E-state index contributed by atoms with van der Waals surface area (Å²) < 4.78 is 10.3. The Bertz CT molecular complexity index is 751. The normalized spacial score (nSPS) is 10.5. The minimum atomic E-state index is -0.413. The molecule has 0 aliphatic heterocycles. The summed E-state index contributed by atoms with van der Waals surface area (Å²) in [6.07, 6.45) is 3.15. The summed E-state index contributed by atoms with van der Waals surface area (Å²) in [5.74, 6) is 0.0957. The van der Waals surface area contributed by atoms with Gasteiger partial charge in [0.25, 0.3) is 0 Å². The van der Waals surface area contributed by atoms with Gasteiger partial charge in [-0.15, -0.1) is 0 Å². The summed E-state index contributed by atoms with van der Waals surface area (Å²) in [4.78, 5) is 23.7. The zero-order valence-corrected chi connectivity index (χ0v) is 14.3. The van der Waals surface area contributed by atoms with Crippen molar-refractivity contribution in [3.8, 4) is 5.75 Å². The van der Waals surface area contributed by atoms with Gasteiger partial charge in [0.15, 0.2) is 0 Å². The van der Waals surface area contributed by atoms with Gasteiger partial charge < -0.3 is 14.8 Å². The van der Waals surface area contributed by atoms with E-state index in [1.165, 1.54) is 6.08 Å². The van der Waals surface area contributed by atoms with Gasteiger partial charge in [-0.1, -0.05) is 18.2 Å². The van der Waals surface area contributed by atoms with E-state index in [9.17, 15) is 9.59 Å². The summed E-state index contributed by atoms with van der Waals surface area (Å²) in [6.45, 7) is 4.59. The molecular weight excluding hydrogens is 318 g/mol. The van der Waals surface area contributed by atoms with Gasteiger partial charge in [0, 0.05) is 11.8 Å². The number of hydrogen-bond acceptors (Lipinski definition) is 4. The first kappa shape index (κ1) is 18.3. The SMILES string of the molecule is CCOC(=O)c1cccc(NC(=O)/C=C/c2ccc(OCC)cc2)c1. The van der Waals surface area contributed by atoms with Crippen LogP contribution < -0.4 is 10.1 Å². The quantitative estimate of drug-likeness (QED) is 0.613. The maximum atomic E-state index is 12.0. The summed E-state index contributed by atoms with van der Waals surface area (Å²) >= 11 is 0. The number of esters is 1. The van der Waals surface area contributed by atoms with Gasteiger partial charge in [-0.05, 0) is 55.8 Å². The molecular formula is C20H21NO4. The molecule has 0 unspecified atom stereocenters. The van der Waals surface area contributed by atoms with Crippen molar-refractivity contribution in [2.75, 3.05) is 18.5 Å². The maximum Gasteiger partial charge on any atom is 0.338 e. The average molecular weight is 339 g/mol. The van der Waals surface area contributed by atoms with Crippen LogP contribution in [0.2, 0.25) is 0 Å². The van der Waals surface area contributed by atoms with Gasteiger partial charge in [-0.25, -0.2) is 4.79 Å². The predicted octanol–water partition coefficient (Wildman–Crippen LogP) is 3.91. The van der Waals surface area contributed by atoms with Gasteiger partial charge in [-0.2, -0.15) is 0 Å². The van der Waals surface area contributed by atoms with E-state index in [1.54, 1.807) is 37.3 Å². The number of amides is 1. The van der Waals surface area contributed by atoms with Gasteiger partial charge in [0.2, 0.25) is 5.91 Å². The molecule has 0 atom stereocenters. The van der Waals surface area contributed by atoms with E-state index in [0.717, 1.165) is 11.3 Å². The minimum Gasteiger partial charge on any atom is -0.494 e. The van der Waals surface area contributed by atoms with E-state index in [-0.39, 0.29) is 5.91 Å². The number of rotatable bonds is 7. The van der Waals surface area contributed by atoms with E-state index in [4.69, 9.17) is 9.47 Å². The number of benzene rings is 2. The highest BCUT2D eigenvalue weighted by Crippen LogP contribution is 2.14. The molecule has 0 heterocycles. The van der Waals surface area contributed by atoms with Crippen molar-refractivity contribution in [3.05, 3.63) is 65.7 Å². The second kappa shape index (κ2) is 9.27. The number of anilines is 1. The monoisotopic (exact) mass is 339 g/mol. The Kier molecular flexibility index (Phi) is 6.77. The third-order valence-corrected chi connectivity index (χ3v) is 3.26. The molecule has 2 aromatic rings. The van der Waals surface area contributed by atoms with Crippen LogP contribution in [0.4, 0.5) is 5.69 Å². The van der Waals surface area contributed by atoms with Crippen LogP contribution in [-0.2, 0) is 9.53 Å². The first-order valence-electron chi connectivity index (χ1n) is 8.11. The molecule has 1 N–H and O–H groups in total. The molecule has 0 bridgehead atoms. The smallest absolute Gasteiger partial charge is 0.338 e. The van der Waals surface area contributed by atoms with Crippen molar-refractivity contribution >= 4 is 23.6 Å². The van der Waals surface area contributed by atoms with Crippen LogP contribution in [0.1, 0.15) is 29.8 Å². The van der Waals surface area contributed by atoms with E-state index in [2.05, 4.69) is 5.32 Å². The van der Waals surface area contributed by atoms with Crippen molar-refractivity contribution in [2.24, 2.45) is 0 Å². The Morgan fingerprint density at radius 2 is 1.80 bits per heavy atom. The summed E-state index contributed by atoms with van der Waals surface area (Å²) in [5, 5.41) is 2.72. The fourth-order valence-corrected chi connectivity index (χ4v) is 2.14. The molecule has 0 aromatic heterocycles. The predicted molar refractivity (Wildman–Crippen MR) is 97.7 cm³/mol. The van der Waals surface area contributed by atoms with E-state index >= 15 is 0 Å². The van der Waals surface area contributed by atoms with Crippen LogP contribution in [0.3, 0.4) is 0 Å². The van der Waals surface area contributed by atoms with Gasteiger partial charge in [-0.3, -0.25) is 4.79 Å². The zero-order chi connectivity index (χ0) is 18.1. The summed E-state index contributed by atoms with van der Waals surface area (Å²) in [6, 6.07) is 14.1. The van der Waals surface area contributed by atoms with Crippen LogP contribution in [0.5, 0.6) is 5.75 Å².